The Bertz CT molecular complexity index is 153. The average Bonchev–Trinajstić information content (AvgIpc) is 2.21. The van der Waals surface area contributed by atoms with Gasteiger partial charge >= 0.3 is 0 Å². The number of hydrogen-bond donors (Lipinski definition) is 2. The standard InChI is InChI=1S/C12H27N3/c1-11(3-6-13)9-14-10-12-4-7-15(2)8-5-12/h11-12,14H,3-10,13H2,1-2H3. The highest BCUT2D eigenvalue weighted by molar-refractivity contribution is 4.72. The van der Waals surface area contributed by atoms with Crippen LogP contribution in [-0.2, 0) is 0 Å². The van der Waals surface area contributed by atoms with Gasteiger partial charge in [-0.15, -0.1) is 0 Å². The Kier molecular flexibility index (Phi) is 6.22. The lowest BCUT2D eigenvalue weighted by molar-refractivity contribution is 0.214. The minimum absolute atomic E-state index is 0.723. The van der Waals surface area contributed by atoms with Gasteiger partial charge in [0.15, 0.2) is 0 Å². The average molecular weight is 213 g/mol. The molecule has 1 rings (SSSR count). The second-order valence-corrected chi connectivity index (χ2v) is 5.09. The molecule has 0 bridgehead atoms. The van der Waals surface area contributed by atoms with Crippen molar-refractivity contribution in [3.8, 4) is 0 Å². The zero-order chi connectivity index (χ0) is 11.1. The minimum atomic E-state index is 0.723. The van der Waals surface area contributed by atoms with Gasteiger partial charge in [-0.3, -0.25) is 0 Å². The lowest BCUT2D eigenvalue weighted by atomic mass is 9.97. The molecule has 3 heteroatoms. The number of rotatable bonds is 6. The smallest absolute Gasteiger partial charge is 0.00187 e. The van der Waals surface area contributed by atoms with Gasteiger partial charge in [-0.25, -0.2) is 0 Å². The highest BCUT2D eigenvalue weighted by Crippen LogP contribution is 2.14. The van der Waals surface area contributed by atoms with E-state index in [0.717, 1.165) is 31.3 Å². The fourth-order valence-electron chi connectivity index (χ4n) is 2.19. The van der Waals surface area contributed by atoms with Gasteiger partial charge < -0.3 is 16.0 Å². The molecule has 1 aliphatic heterocycles. The van der Waals surface area contributed by atoms with Crippen molar-refractivity contribution in [1.29, 1.82) is 0 Å². The van der Waals surface area contributed by atoms with E-state index in [4.69, 9.17) is 5.73 Å². The van der Waals surface area contributed by atoms with Crippen molar-refractivity contribution < 1.29 is 0 Å². The molecule has 15 heavy (non-hydrogen) atoms. The van der Waals surface area contributed by atoms with E-state index in [2.05, 4.69) is 24.2 Å². The second-order valence-electron chi connectivity index (χ2n) is 5.09. The van der Waals surface area contributed by atoms with Crippen LogP contribution in [0.4, 0.5) is 0 Å². The van der Waals surface area contributed by atoms with E-state index in [-0.39, 0.29) is 0 Å². The maximum Gasteiger partial charge on any atom is -0.00187 e. The van der Waals surface area contributed by atoms with E-state index >= 15 is 0 Å². The van der Waals surface area contributed by atoms with Gasteiger partial charge in [0, 0.05) is 0 Å². The lowest BCUT2D eigenvalue weighted by Crippen LogP contribution is -2.36. The van der Waals surface area contributed by atoms with Crippen molar-refractivity contribution in [3.05, 3.63) is 0 Å². The first-order valence-corrected chi connectivity index (χ1v) is 6.31. The van der Waals surface area contributed by atoms with Crippen molar-refractivity contribution in [2.24, 2.45) is 17.6 Å². The number of piperidine rings is 1. The number of hydrogen-bond acceptors (Lipinski definition) is 3. The molecule has 0 spiro atoms. The van der Waals surface area contributed by atoms with Crippen LogP contribution in [0.3, 0.4) is 0 Å². The van der Waals surface area contributed by atoms with Crippen LogP contribution in [0.1, 0.15) is 26.2 Å². The minimum Gasteiger partial charge on any atom is -0.330 e. The highest BCUT2D eigenvalue weighted by atomic mass is 15.1. The zero-order valence-electron chi connectivity index (χ0n) is 10.3. The van der Waals surface area contributed by atoms with E-state index < -0.39 is 0 Å². The molecular formula is C12H27N3. The summed E-state index contributed by atoms with van der Waals surface area (Å²) in [6.45, 7) is 7.95. The Morgan fingerprint density at radius 3 is 2.67 bits per heavy atom. The third-order valence-corrected chi connectivity index (χ3v) is 3.42. The predicted octanol–water partition coefficient (Wildman–Crippen LogP) is 0.903. The van der Waals surface area contributed by atoms with Crippen LogP contribution in [0.2, 0.25) is 0 Å². The summed E-state index contributed by atoms with van der Waals surface area (Å²) in [5.41, 5.74) is 5.53. The van der Waals surface area contributed by atoms with Crippen LogP contribution in [0.5, 0.6) is 0 Å². The van der Waals surface area contributed by atoms with Gasteiger partial charge in [-0.2, -0.15) is 0 Å². The maximum absolute atomic E-state index is 5.53. The largest absolute Gasteiger partial charge is 0.330 e. The molecule has 3 N–H and O–H groups in total. The topological polar surface area (TPSA) is 41.3 Å². The van der Waals surface area contributed by atoms with Crippen LogP contribution in [-0.4, -0.2) is 44.7 Å². The lowest BCUT2D eigenvalue weighted by Gasteiger charge is -2.29. The Morgan fingerprint density at radius 2 is 2.07 bits per heavy atom. The first-order chi connectivity index (χ1) is 7.22. The van der Waals surface area contributed by atoms with Crippen molar-refractivity contribution in [3.63, 3.8) is 0 Å². The van der Waals surface area contributed by atoms with Crippen molar-refractivity contribution in [1.82, 2.24) is 10.2 Å². The molecule has 90 valence electrons. The quantitative estimate of drug-likeness (QED) is 0.689. The van der Waals surface area contributed by atoms with E-state index in [0.29, 0.717) is 0 Å². The number of nitrogens with zero attached hydrogens (tertiary/aromatic N) is 1. The number of nitrogens with two attached hydrogens (primary N) is 1. The summed E-state index contributed by atoms with van der Waals surface area (Å²) in [6, 6.07) is 0. The molecule has 1 heterocycles. The molecule has 0 aromatic heterocycles. The van der Waals surface area contributed by atoms with E-state index in [1.54, 1.807) is 0 Å². The fourth-order valence-corrected chi connectivity index (χ4v) is 2.19. The van der Waals surface area contributed by atoms with Crippen LogP contribution >= 0.6 is 0 Å². The molecule has 0 radical (unpaired) electrons. The summed E-state index contributed by atoms with van der Waals surface area (Å²) in [4.78, 5) is 2.42. The van der Waals surface area contributed by atoms with Crippen molar-refractivity contribution in [2.75, 3.05) is 39.8 Å². The first-order valence-electron chi connectivity index (χ1n) is 6.31. The summed E-state index contributed by atoms with van der Waals surface area (Å²) in [5, 5.41) is 3.58. The maximum atomic E-state index is 5.53. The summed E-state index contributed by atoms with van der Waals surface area (Å²) in [6.07, 6.45) is 3.85. The van der Waals surface area contributed by atoms with Gasteiger partial charge in [-0.05, 0) is 70.9 Å². The number of likely N-dealkylation sites (tertiary alicyclic amines) is 1. The molecule has 1 atom stereocenters. The molecule has 3 nitrogen and oxygen atoms in total. The Morgan fingerprint density at radius 1 is 1.40 bits per heavy atom. The fraction of sp³-hybridized carbons (Fsp3) is 1.00. The Labute approximate surface area is 94.4 Å². The zero-order valence-corrected chi connectivity index (χ0v) is 10.3. The summed E-state index contributed by atoms with van der Waals surface area (Å²) in [5.74, 6) is 1.62. The molecule has 0 aromatic rings. The van der Waals surface area contributed by atoms with E-state index in [9.17, 15) is 0 Å². The third kappa shape index (κ3) is 5.50. The molecule has 1 saturated heterocycles. The summed E-state index contributed by atoms with van der Waals surface area (Å²) < 4.78 is 0. The molecular weight excluding hydrogens is 186 g/mol. The normalized spacial score (nSPS) is 21.8. The second kappa shape index (κ2) is 7.20. The van der Waals surface area contributed by atoms with Gasteiger partial charge in [0.2, 0.25) is 0 Å². The summed E-state index contributed by atoms with van der Waals surface area (Å²) >= 11 is 0. The molecule has 0 aliphatic carbocycles. The van der Waals surface area contributed by atoms with Crippen LogP contribution in [0, 0.1) is 11.8 Å². The van der Waals surface area contributed by atoms with E-state index in [1.807, 2.05) is 0 Å². The molecule has 1 aliphatic rings. The van der Waals surface area contributed by atoms with Gasteiger partial charge in [0.1, 0.15) is 0 Å². The van der Waals surface area contributed by atoms with Gasteiger partial charge in [0.25, 0.3) is 0 Å². The third-order valence-electron chi connectivity index (χ3n) is 3.42. The highest BCUT2D eigenvalue weighted by Gasteiger charge is 2.15. The van der Waals surface area contributed by atoms with Crippen LogP contribution < -0.4 is 11.1 Å². The molecule has 0 aromatic carbocycles. The molecule has 1 fully saturated rings. The molecule has 0 saturated carbocycles. The Balaban J connectivity index is 2.00. The molecule has 0 amide bonds. The van der Waals surface area contributed by atoms with Crippen LogP contribution in [0.15, 0.2) is 0 Å². The van der Waals surface area contributed by atoms with Crippen LogP contribution in [0.25, 0.3) is 0 Å². The Hall–Kier alpha value is -0.120. The van der Waals surface area contributed by atoms with Gasteiger partial charge in [0.05, 0.1) is 0 Å². The SMILES string of the molecule is CC(CCN)CNCC1CCN(C)CC1. The van der Waals surface area contributed by atoms with Gasteiger partial charge in [-0.1, -0.05) is 6.92 Å². The van der Waals surface area contributed by atoms with E-state index in [1.165, 1.54) is 32.5 Å². The predicted molar refractivity (Wildman–Crippen MR) is 65.9 cm³/mol. The summed E-state index contributed by atoms with van der Waals surface area (Å²) in [7, 11) is 2.22. The van der Waals surface area contributed by atoms with Crippen molar-refractivity contribution in [2.45, 2.75) is 26.2 Å². The van der Waals surface area contributed by atoms with Crippen molar-refractivity contribution >= 4 is 0 Å². The molecule has 1 unspecified atom stereocenters. The first kappa shape index (κ1) is 12.9. The monoisotopic (exact) mass is 213 g/mol. The number of nitrogens with one attached hydrogen (secondary N) is 1.